The van der Waals surface area contributed by atoms with Crippen LogP contribution in [0.2, 0.25) is 0 Å². The van der Waals surface area contributed by atoms with Gasteiger partial charge in [-0.15, -0.1) is 0 Å². The second-order valence-electron chi connectivity index (χ2n) is 5.85. The lowest BCUT2D eigenvalue weighted by Gasteiger charge is -2.24. The minimum absolute atomic E-state index is 0.161. The van der Waals surface area contributed by atoms with Gasteiger partial charge in [0.1, 0.15) is 5.82 Å². The predicted molar refractivity (Wildman–Crippen MR) is 78.6 cm³/mol. The molecule has 110 valence electrons. The highest BCUT2D eigenvalue weighted by atomic mass is 19.1. The summed E-state index contributed by atoms with van der Waals surface area (Å²) in [4.78, 5) is 4.92. The smallest absolute Gasteiger partial charge is 0.123 e. The first-order valence-electron chi connectivity index (χ1n) is 7.62. The van der Waals surface area contributed by atoms with E-state index in [-0.39, 0.29) is 5.82 Å². The number of hydrogen-bond donors (Lipinski definition) is 0. The molecule has 0 aliphatic carbocycles. The van der Waals surface area contributed by atoms with Crippen LogP contribution >= 0.6 is 0 Å². The maximum atomic E-state index is 13.0. The van der Waals surface area contributed by atoms with E-state index < -0.39 is 0 Å². The summed E-state index contributed by atoms with van der Waals surface area (Å²) in [5, 5.41) is 0. The second-order valence-corrected chi connectivity index (χ2v) is 5.85. The number of hydrogen-bond acceptors (Lipinski definition) is 3. The largest absolute Gasteiger partial charge is 0.381 e. The fourth-order valence-corrected chi connectivity index (χ4v) is 3.16. The minimum atomic E-state index is -0.161. The zero-order chi connectivity index (χ0) is 13.8. The molecule has 1 aromatic rings. The standard InChI is InChI=1S/C16H23FN2O/c17-15-2-4-16(5-3-15)19-8-1-7-18(9-10-19)12-14-6-11-20-13-14/h2-5,14H,1,6-13H2/t14-/m0/s1. The zero-order valence-electron chi connectivity index (χ0n) is 11.9. The molecule has 0 unspecified atom stereocenters. The fraction of sp³-hybridized carbons (Fsp3) is 0.625. The molecule has 0 radical (unpaired) electrons. The van der Waals surface area contributed by atoms with E-state index in [4.69, 9.17) is 4.74 Å². The summed E-state index contributed by atoms with van der Waals surface area (Å²) in [5.41, 5.74) is 1.14. The zero-order valence-corrected chi connectivity index (χ0v) is 11.9. The number of anilines is 1. The molecule has 2 heterocycles. The van der Waals surface area contributed by atoms with E-state index in [9.17, 15) is 4.39 Å². The topological polar surface area (TPSA) is 15.7 Å². The molecule has 20 heavy (non-hydrogen) atoms. The summed E-state index contributed by atoms with van der Waals surface area (Å²) in [7, 11) is 0. The van der Waals surface area contributed by atoms with E-state index in [1.54, 1.807) is 12.1 Å². The van der Waals surface area contributed by atoms with E-state index in [2.05, 4.69) is 9.80 Å². The number of ether oxygens (including phenoxy) is 1. The third-order valence-electron chi connectivity index (χ3n) is 4.32. The Labute approximate surface area is 120 Å². The van der Waals surface area contributed by atoms with E-state index in [1.165, 1.54) is 12.8 Å². The van der Waals surface area contributed by atoms with Crippen LogP contribution in [0.25, 0.3) is 0 Å². The first-order chi connectivity index (χ1) is 9.81. The van der Waals surface area contributed by atoms with Gasteiger partial charge in [0.25, 0.3) is 0 Å². The lowest BCUT2D eigenvalue weighted by atomic mass is 10.1. The van der Waals surface area contributed by atoms with Gasteiger partial charge in [0.2, 0.25) is 0 Å². The molecule has 0 bridgehead atoms. The third-order valence-corrected chi connectivity index (χ3v) is 4.32. The highest BCUT2D eigenvalue weighted by molar-refractivity contribution is 5.46. The van der Waals surface area contributed by atoms with Crippen LogP contribution < -0.4 is 4.90 Å². The van der Waals surface area contributed by atoms with Gasteiger partial charge in [0.05, 0.1) is 6.61 Å². The van der Waals surface area contributed by atoms with Gasteiger partial charge in [0.15, 0.2) is 0 Å². The maximum Gasteiger partial charge on any atom is 0.123 e. The van der Waals surface area contributed by atoms with Crippen LogP contribution in [-0.2, 0) is 4.74 Å². The van der Waals surface area contributed by atoms with Gasteiger partial charge in [-0.05, 0) is 49.6 Å². The minimum Gasteiger partial charge on any atom is -0.381 e. The van der Waals surface area contributed by atoms with E-state index in [0.717, 1.165) is 51.6 Å². The van der Waals surface area contributed by atoms with Crippen LogP contribution in [0.1, 0.15) is 12.8 Å². The summed E-state index contributed by atoms with van der Waals surface area (Å²) < 4.78 is 18.4. The molecule has 0 aromatic heterocycles. The fourth-order valence-electron chi connectivity index (χ4n) is 3.16. The van der Waals surface area contributed by atoms with Crippen molar-refractivity contribution in [2.24, 2.45) is 5.92 Å². The average molecular weight is 278 g/mol. The van der Waals surface area contributed by atoms with Crippen molar-refractivity contribution in [1.29, 1.82) is 0 Å². The molecule has 0 saturated carbocycles. The van der Waals surface area contributed by atoms with Crippen molar-refractivity contribution in [3.05, 3.63) is 30.1 Å². The first kappa shape index (κ1) is 13.8. The lowest BCUT2D eigenvalue weighted by molar-refractivity contribution is 0.169. The summed E-state index contributed by atoms with van der Waals surface area (Å²) in [5.74, 6) is 0.554. The maximum absolute atomic E-state index is 13.0. The Morgan fingerprint density at radius 1 is 1.10 bits per heavy atom. The van der Waals surface area contributed by atoms with E-state index in [1.807, 2.05) is 12.1 Å². The summed E-state index contributed by atoms with van der Waals surface area (Å²) in [6, 6.07) is 6.87. The van der Waals surface area contributed by atoms with Crippen LogP contribution in [0.3, 0.4) is 0 Å². The average Bonchev–Trinajstić information content (AvgIpc) is 2.85. The third kappa shape index (κ3) is 3.49. The number of rotatable bonds is 3. The number of nitrogens with zero attached hydrogens (tertiary/aromatic N) is 2. The van der Waals surface area contributed by atoms with Crippen LogP contribution in [0.15, 0.2) is 24.3 Å². The predicted octanol–water partition coefficient (Wildman–Crippen LogP) is 2.37. The monoisotopic (exact) mass is 278 g/mol. The van der Waals surface area contributed by atoms with Gasteiger partial charge in [-0.1, -0.05) is 0 Å². The van der Waals surface area contributed by atoms with E-state index in [0.29, 0.717) is 5.92 Å². The molecule has 1 aromatic carbocycles. The van der Waals surface area contributed by atoms with Crippen LogP contribution in [-0.4, -0.2) is 50.8 Å². The van der Waals surface area contributed by atoms with Crippen molar-refractivity contribution < 1.29 is 9.13 Å². The van der Waals surface area contributed by atoms with Gasteiger partial charge in [-0.2, -0.15) is 0 Å². The highest BCUT2D eigenvalue weighted by Crippen LogP contribution is 2.19. The molecule has 0 N–H and O–H groups in total. The van der Waals surface area contributed by atoms with Crippen LogP contribution in [0.4, 0.5) is 10.1 Å². The Hall–Kier alpha value is -1.13. The van der Waals surface area contributed by atoms with Crippen molar-refractivity contribution in [3.63, 3.8) is 0 Å². The van der Waals surface area contributed by atoms with Crippen molar-refractivity contribution in [3.8, 4) is 0 Å². The Morgan fingerprint density at radius 2 is 1.95 bits per heavy atom. The summed E-state index contributed by atoms with van der Waals surface area (Å²) >= 11 is 0. The first-order valence-corrected chi connectivity index (χ1v) is 7.62. The molecule has 4 heteroatoms. The van der Waals surface area contributed by atoms with Crippen molar-refractivity contribution in [1.82, 2.24) is 4.90 Å². The Kier molecular flexibility index (Phi) is 4.53. The van der Waals surface area contributed by atoms with Gasteiger partial charge >= 0.3 is 0 Å². The molecule has 0 spiro atoms. The quantitative estimate of drug-likeness (QED) is 0.844. The molecule has 3 nitrogen and oxygen atoms in total. The normalized spacial score (nSPS) is 24.9. The molecular formula is C16H23FN2O. The van der Waals surface area contributed by atoms with Gasteiger partial charge in [0, 0.05) is 38.5 Å². The Morgan fingerprint density at radius 3 is 2.70 bits per heavy atom. The molecule has 2 aliphatic heterocycles. The molecule has 2 aliphatic rings. The van der Waals surface area contributed by atoms with Crippen LogP contribution in [0, 0.1) is 11.7 Å². The molecular weight excluding hydrogens is 255 g/mol. The summed E-state index contributed by atoms with van der Waals surface area (Å²) in [6.07, 6.45) is 2.38. The Balaban J connectivity index is 1.54. The number of benzene rings is 1. The van der Waals surface area contributed by atoms with Gasteiger partial charge in [-0.25, -0.2) is 4.39 Å². The molecule has 2 saturated heterocycles. The lowest BCUT2D eigenvalue weighted by Crippen LogP contribution is -2.34. The molecule has 1 atom stereocenters. The SMILES string of the molecule is Fc1ccc(N2CCCN(C[C@@H]3CCOC3)CC2)cc1. The highest BCUT2D eigenvalue weighted by Gasteiger charge is 2.21. The second kappa shape index (κ2) is 6.55. The molecule has 3 rings (SSSR count). The molecule has 2 fully saturated rings. The number of halogens is 1. The van der Waals surface area contributed by atoms with Crippen LogP contribution in [0.5, 0.6) is 0 Å². The Bertz CT molecular complexity index is 417. The summed E-state index contributed by atoms with van der Waals surface area (Å²) in [6.45, 7) is 7.36. The van der Waals surface area contributed by atoms with E-state index >= 15 is 0 Å². The van der Waals surface area contributed by atoms with Gasteiger partial charge < -0.3 is 14.5 Å². The van der Waals surface area contributed by atoms with Crippen molar-refractivity contribution in [2.75, 3.05) is 50.8 Å². The van der Waals surface area contributed by atoms with Crippen molar-refractivity contribution >= 4 is 5.69 Å². The van der Waals surface area contributed by atoms with Crippen molar-refractivity contribution in [2.45, 2.75) is 12.8 Å². The molecule has 0 amide bonds. The van der Waals surface area contributed by atoms with Gasteiger partial charge in [-0.3, -0.25) is 0 Å².